The van der Waals surface area contributed by atoms with Crippen LogP contribution in [0.3, 0.4) is 0 Å². The van der Waals surface area contributed by atoms with E-state index in [4.69, 9.17) is 4.42 Å². The first-order chi connectivity index (χ1) is 12.7. The number of piperidine rings is 1. The van der Waals surface area contributed by atoms with E-state index in [0.29, 0.717) is 23.1 Å². The van der Waals surface area contributed by atoms with Crippen molar-refractivity contribution in [3.05, 3.63) is 34.8 Å². The van der Waals surface area contributed by atoms with Gasteiger partial charge in [-0.25, -0.2) is 4.79 Å². The van der Waals surface area contributed by atoms with Gasteiger partial charge in [-0.3, -0.25) is 14.3 Å². The summed E-state index contributed by atoms with van der Waals surface area (Å²) in [6, 6.07) is 7.77. The number of hydrogen-bond acceptors (Lipinski definition) is 4. The van der Waals surface area contributed by atoms with Crippen molar-refractivity contribution in [2.24, 2.45) is 11.8 Å². The van der Waals surface area contributed by atoms with Crippen LogP contribution in [0.4, 0.5) is 0 Å². The molecule has 0 radical (unpaired) electrons. The number of rotatable bonds is 4. The largest absolute Gasteiger partial charge is 0.420 e. The van der Waals surface area contributed by atoms with Crippen molar-refractivity contribution >= 4 is 17.0 Å². The highest BCUT2D eigenvalue weighted by Gasteiger charge is 2.38. The summed E-state index contributed by atoms with van der Waals surface area (Å²) in [7, 11) is 0. The third-order valence-electron chi connectivity index (χ3n) is 6.24. The van der Waals surface area contributed by atoms with Gasteiger partial charge in [0.2, 0.25) is 5.91 Å². The summed E-state index contributed by atoms with van der Waals surface area (Å²) in [5, 5.41) is 0. The predicted molar refractivity (Wildman–Crippen MR) is 97.9 cm³/mol. The van der Waals surface area contributed by atoms with Crippen molar-refractivity contribution in [1.82, 2.24) is 14.4 Å². The number of oxazole rings is 1. The lowest BCUT2D eigenvalue weighted by Gasteiger charge is -2.36. The lowest BCUT2D eigenvalue weighted by molar-refractivity contribution is -0.132. The van der Waals surface area contributed by atoms with Crippen LogP contribution in [-0.2, 0) is 11.3 Å². The van der Waals surface area contributed by atoms with E-state index in [0.717, 1.165) is 25.6 Å². The fourth-order valence-electron chi connectivity index (χ4n) is 4.64. The second kappa shape index (κ2) is 6.27. The molecule has 0 spiro atoms. The number of carbonyl (C=O) groups excluding carboxylic acids is 1. The molecule has 6 heteroatoms. The molecular weight excluding hydrogens is 330 g/mol. The van der Waals surface area contributed by atoms with Crippen molar-refractivity contribution in [3.8, 4) is 0 Å². The molecular formula is C20H25N3O3. The van der Waals surface area contributed by atoms with Gasteiger partial charge in [-0.2, -0.15) is 0 Å². The minimum atomic E-state index is -0.451. The Morgan fingerprint density at radius 2 is 1.92 bits per heavy atom. The molecule has 1 aromatic heterocycles. The number of amides is 1. The molecule has 26 heavy (non-hydrogen) atoms. The number of aromatic nitrogens is 1. The highest BCUT2D eigenvalue weighted by molar-refractivity contribution is 5.79. The van der Waals surface area contributed by atoms with Crippen LogP contribution >= 0.6 is 0 Å². The quantitative estimate of drug-likeness (QED) is 0.841. The maximum absolute atomic E-state index is 13.0. The minimum Gasteiger partial charge on any atom is -0.408 e. The van der Waals surface area contributed by atoms with E-state index in [1.54, 1.807) is 6.07 Å². The van der Waals surface area contributed by atoms with Gasteiger partial charge < -0.3 is 9.32 Å². The number of benzene rings is 1. The van der Waals surface area contributed by atoms with Crippen molar-refractivity contribution in [1.29, 1.82) is 0 Å². The molecule has 138 valence electrons. The third-order valence-corrected chi connectivity index (χ3v) is 6.24. The van der Waals surface area contributed by atoms with Crippen LogP contribution in [0.15, 0.2) is 33.5 Å². The molecule has 4 aliphatic rings. The zero-order chi connectivity index (χ0) is 17.7. The van der Waals surface area contributed by atoms with Crippen molar-refractivity contribution in [3.63, 3.8) is 0 Å². The van der Waals surface area contributed by atoms with Crippen LogP contribution in [0.25, 0.3) is 11.1 Å². The zero-order valence-corrected chi connectivity index (χ0v) is 15.0. The smallest absolute Gasteiger partial charge is 0.408 e. The van der Waals surface area contributed by atoms with Crippen molar-refractivity contribution in [2.45, 2.75) is 38.3 Å². The van der Waals surface area contributed by atoms with E-state index in [2.05, 4.69) is 4.90 Å². The molecule has 1 amide bonds. The number of para-hydroxylation sites is 2. The first kappa shape index (κ1) is 16.1. The molecule has 0 unspecified atom stereocenters. The maximum atomic E-state index is 13.0. The number of hydrogen-bond donors (Lipinski definition) is 0. The van der Waals surface area contributed by atoms with Gasteiger partial charge in [0.15, 0.2) is 5.58 Å². The van der Waals surface area contributed by atoms with E-state index < -0.39 is 5.76 Å². The highest BCUT2D eigenvalue weighted by Crippen LogP contribution is 2.34. The number of nitrogens with zero attached hydrogens (tertiary/aromatic N) is 3. The summed E-state index contributed by atoms with van der Waals surface area (Å²) >= 11 is 0. The second-order valence-corrected chi connectivity index (χ2v) is 8.22. The average Bonchev–Trinajstić information content (AvgIpc) is 3.44. The van der Waals surface area contributed by atoms with E-state index in [-0.39, 0.29) is 12.5 Å². The summed E-state index contributed by atoms with van der Waals surface area (Å²) in [6.45, 7) is 4.01. The first-order valence-corrected chi connectivity index (χ1v) is 9.77. The topological polar surface area (TPSA) is 58.7 Å². The summed E-state index contributed by atoms with van der Waals surface area (Å²) in [4.78, 5) is 29.8. The minimum absolute atomic E-state index is 0.0313. The Balaban J connectivity index is 1.34. The molecule has 4 fully saturated rings. The molecule has 3 aliphatic heterocycles. The van der Waals surface area contributed by atoms with Crippen molar-refractivity contribution < 1.29 is 9.21 Å². The summed E-state index contributed by atoms with van der Waals surface area (Å²) in [5.74, 6) is 1.03. The van der Waals surface area contributed by atoms with Crippen LogP contribution < -0.4 is 5.76 Å². The zero-order valence-electron chi connectivity index (χ0n) is 15.0. The molecule has 1 aliphatic carbocycles. The molecule has 1 aromatic carbocycles. The number of carbonyl (C=O) groups is 1. The van der Waals surface area contributed by atoms with Crippen LogP contribution in [0, 0.1) is 11.8 Å². The van der Waals surface area contributed by atoms with E-state index in [1.807, 2.05) is 23.1 Å². The van der Waals surface area contributed by atoms with Gasteiger partial charge in [0.1, 0.15) is 6.54 Å². The van der Waals surface area contributed by atoms with Crippen LogP contribution in [0.5, 0.6) is 0 Å². The van der Waals surface area contributed by atoms with E-state index in [9.17, 15) is 9.59 Å². The van der Waals surface area contributed by atoms with E-state index >= 15 is 0 Å². The molecule has 6 rings (SSSR count). The Labute approximate surface area is 152 Å². The van der Waals surface area contributed by atoms with E-state index in [1.165, 1.54) is 36.8 Å². The Kier molecular flexibility index (Phi) is 3.89. The first-order valence-electron chi connectivity index (χ1n) is 9.77. The molecule has 2 aromatic rings. The second-order valence-electron chi connectivity index (χ2n) is 8.22. The predicted octanol–water partition coefficient (Wildman–Crippen LogP) is 1.93. The van der Waals surface area contributed by atoms with Gasteiger partial charge in [0.05, 0.1) is 5.52 Å². The Morgan fingerprint density at radius 3 is 2.77 bits per heavy atom. The van der Waals surface area contributed by atoms with Crippen molar-refractivity contribution in [2.75, 3.05) is 26.2 Å². The Bertz CT molecular complexity index is 882. The monoisotopic (exact) mass is 355 g/mol. The summed E-state index contributed by atoms with van der Waals surface area (Å²) < 4.78 is 6.73. The highest BCUT2D eigenvalue weighted by atomic mass is 16.4. The van der Waals surface area contributed by atoms with Gasteiger partial charge in [0.25, 0.3) is 0 Å². The molecule has 1 saturated carbocycles. The normalized spacial score (nSPS) is 26.4. The van der Waals surface area contributed by atoms with Gasteiger partial charge in [-0.15, -0.1) is 0 Å². The Morgan fingerprint density at radius 1 is 1.08 bits per heavy atom. The molecule has 2 atom stereocenters. The Hall–Kier alpha value is -2.08. The standard InChI is InChI=1S/C20H25N3O3/c24-19(13-23-17-3-1-2-4-18(17)26-20(23)25)22-11-15-7-8-16(12-22)21(10-15)9-14-5-6-14/h1-4,14-16H,5-13H2/t15-,16-/m0/s1. The van der Waals surface area contributed by atoms with Gasteiger partial charge in [0, 0.05) is 32.2 Å². The molecule has 3 saturated heterocycles. The molecule has 0 N–H and O–H groups in total. The summed E-state index contributed by atoms with van der Waals surface area (Å²) in [6.07, 6.45) is 5.14. The maximum Gasteiger partial charge on any atom is 0.420 e. The molecule has 4 heterocycles. The lowest BCUT2D eigenvalue weighted by Crippen LogP contribution is -2.45. The molecule has 6 nitrogen and oxygen atoms in total. The fraction of sp³-hybridized carbons (Fsp3) is 0.600. The summed E-state index contributed by atoms with van der Waals surface area (Å²) in [5.41, 5.74) is 1.23. The van der Waals surface area contributed by atoms with Crippen LogP contribution in [-0.4, -0.2) is 52.5 Å². The van der Waals surface area contributed by atoms with Crippen LogP contribution in [0.2, 0.25) is 0 Å². The van der Waals surface area contributed by atoms with Gasteiger partial charge in [-0.1, -0.05) is 12.1 Å². The van der Waals surface area contributed by atoms with Gasteiger partial charge in [-0.05, 0) is 49.7 Å². The van der Waals surface area contributed by atoms with Crippen LogP contribution in [0.1, 0.15) is 25.7 Å². The fourth-order valence-corrected chi connectivity index (χ4v) is 4.64. The molecule has 2 bridgehead atoms. The van der Waals surface area contributed by atoms with Gasteiger partial charge >= 0.3 is 5.76 Å². The third kappa shape index (κ3) is 2.96. The average molecular weight is 355 g/mol. The SMILES string of the molecule is O=C(Cn1c(=O)oc2ccccc21)N1C[C@H]2CC[C@@H](C1)N(CC1CC1)C2. The lowest BCUT2D eigenvalue weighted by atomic mass is 9.95. The number of fused-ring (bicyclic) bond motifs is 5.